The van der Waals surface area contributed by atoms with E-state index in [4.69, 9.17) is 9.47 Å². The van der Waals surface area contributed by atoms with Gasteiger partial charge in [-0.2, -0.15) is 0 Å². The summed E-state index contributed by atoms with van der Waals surface area (Å²) in [5, 5.41) is 2.98. The topological polar surface area (TPSA) is 67.9 Å². The van der Waals surface area contributed by atoms with Crippen LogP contribution >= 0.6 is 0 Å². The number of nitrogens with zero attached hydrogens (tertiary/aromatic N) is 1. The van der Waals surface area contributed by atoms with Gasteiger partial charge in [-0.1, -0.05) is 29.8 Å². The van der Waals surface area contributed by atoms with Crippen molar-refractivity contribution in [2.45, 2.75) is 18.9 Å². The molecule has 1 saturated heterocycles. The average Bonchev–Trinajstić information content (AvgIpc) is 2.79. The fraction of sp³-hybridized carbons (Fsp3) is 0.200. The van der Waals surface area contributed by atoms with Crippen LogP contribution in [0.3, 0.4) is 0 Å². The van der Waals surface area contributed by atoms with Crippen LogP contribution in [0.4, 0.5) is 11.4 Å². The maximum atomic E-state index is 13.6. The highest BCUT2D eigenvalue weighted by molar-refractivity contribution is 6.17. The Kier molecular flexibility index (Phi) is 5.38. The van der Waals surface area contributed by atoms with Crippen LogP contribution in [0.1, 0.15) is 17.5 Å². The molecule has 158 valence electrons. The third-order valence-corrected chi connectivity index (χ3v) is 5.62. The minimum Gasteiger partial charge on any atom is -0.497 e. The van der Waals surface area contributed by atoms with Crippen molar-refractivity contribution < 1.29 is 19.1 Å². The molecule has 0 bridgehead atoms. The van der Waals surface area contributed by atoms with Crippen molar-refractivity contribution in [1.82, 2.24) is 0 Å². The van der Waals surface area contributed by atoms with E-state index in [0.717, 1.165) is 11.1 Å². The summed E-state index contributed by atoms with van der Waals surface area (Å²) in [6.07, 6.45) is 0.0874. The summed E-state index contributed by atoms with van der Waals surface area (Å²) < 4.78 is 10.4. The van der Waals surface area contributed by atoms with Crippen molar-refractivity contribution in [2.75, 3.05) is 24.4 Å². The van der Waals surface area contributed by atoms with Gasteiger partial charge in [0.05, 0.1) is 20.6 Å². The van der Waals surface area contributed by atoms with E-state index in [9.17, 15) is 9.59 Å². The molecule has 0 aliphatic carbocycles. The van der Waals surface area contributed by atoms with E-state index in [0.29, 0.717) is 22.9 Å². The van der Waals surface area contributed by atoms with Gasteiger partial charge in [0.1, 0.15) is 11.5 Å². The lowest BCUT2D eigenvalue weighted by molar-refractivity contribution is -0.137. The van der Waals surface area contributed by atoms with Crippen molar-refractivity contribution in [3.05, 3.63) is 83.9 Å². The minimum atomic E-state index is -1.14. The van der Waals surface area contributed by atoms with Crippen molar-refractivity contribution in [2.24, 2.45) is 0 Å². The zero-order chi connectivity index (χ0) is 22.0. The quantitative estimate of drug-likeness (QED) is 0.609. The highest BCUT2D eigenvalue weighted by Gasteiger charge is 2.58. The normalized spacial score (nSPS) is 17.6. The summed E-state index contributed by atoms with van der Waals surface area (Å²) in [6.45, 7) is 1.99. The smallest absolute Gasteiger partial charge is 0.255 e. The van der Waals surface area contributed by atoms with E-state index in [2.05, 4.69) is 5.32 Å². The number of nitrogens with one attached hydrogen (secondary N) is 1. The Bertz CT molecular complexity index is 1090. The van der Waals surface area contributed by atoms with Crippen molar-refractivity contribution in [1.29, 1.82) is 0 Å². The predicted octanol–water partition coefficient (Wildman–Crippen LogP) is 4.28. The molecule has 6 nitrogen and oxygen atoms in total. The highest BCUT2D eigenvalue weighted by atomic mass is 16.5. The van der Waals surface area contributed by atoms with Crippen LogP contribution in [0.25, 0.3) is 0 Å². The first-order chi connectivity index (χ1) is 15.0. The predicted molar refractivity (Wildman–Crippen MR) is 120 cm³/mol. The molecule has 3 aromatic carbocycles. The Labute approximate surface area is 181 Å². The maximum absolute atomic E-state index is 13.6. The minimum absolute atomic E-state index is 0.0874. The van der Waals surface area contributed by atoms with E-state index in [-0.39, 0.29) is 18.2 Å². The van der Waals surface area contributed by atoms with Gasteiger partial charge in [-0.3, -0.25) is 14.5 Å². The molecule has 4 rings (SSSR count). The van der Waals surface area contributed by atoms with Crippen LogP contribution in [0, 0.1) is 6.92 Å². The van der Waals surface area contributed by atoms with E-state index >= 15 is 0 Å². The first-order valence-corrected chi connectivity index (χ1v) is 9.98. The highest BCUT2D eigenvalue weighted by Crippen LogP contribution is 2.46. The Hall–Kier alpha value is -3.80. The van der Waals surface area contributed by atoms with Crippen molar-refractivity contribution in [3.63, 3.8) is 0 Å². The van der Waals surface area contributed by atoms with Crippen LogP contribution < -0.4 is 19.7 Å². The van der Waals surface area contributed by atoms with Gasteiger partial charge in [-0.15, -0.1) is 0 Å². The molecule has 1 aliphatic heterocycles. The summed E-state index contributed by atoms with van der Waals surface area (Å²) in [7, 11) is 3.18. The lowest BCUT2D eigenvalue weighted by Gasteiger charge is -2.50. The standard InChI is InChI=1S/C25H24N2O4/c1-17-4-6-18(7-5-17)25(24(29)26-19-8-12-21(30-2)13-9-19)16-23(28)27(25)20-10-14-22(31-3)15-11-20/h4-15H,16H2,1-3H3,(H,26,29). The van der Waals surface area contributed by atoms with Crippen LogP contribution in [0.2, 0.25) is 0 Å². The molecule has 31 heavy (non-hydrogen) atoms. The SMILES string of the molecule is COc1ccc(NC(=O)C2(c3ccc(C)cc3)CC(=O)N2c2ccc(OC)cc2)cc1. The molecule has 1 N–H and O–H groups in total. The summed E-state index contributed by atoms with van der Waals surface area (Å²) in [5.41, 5.74) is 1.98. The third kappa shape index (κ3) is 3.61. The van der Waals surface area contributed by atoms with E-state index in [1.54, 1.807) is 67.7 Å². The number of benzene rings is 3. The van der Waals surface area contributed by atoms with Crippen LogP contribution in [-0.2, 0) is 15.1 Å². The Morgan fingerprint density at radius 1 is 0.871 bits per heavy atom. The second-order valence-corrected chi connectivity index (χ2v) is 7.51. The number of carbonyl (C=O) groups excluding carboxylic acids is 2. The number of hydrogen-bond donors (Lipinski definition) is 1. The molecule has 0 aromatic heterocycles. The molecule has 2 amide bonds. The third-order valence-electron chi connectivity index (χ3n) is 5.62. The monoisotopic (exact) mass is 416 g/mol. The number of aryl methyl sites for hydroxylation is 1. The molecule has 3 aromatic rings. The van der Waals surface area contributed by atoms with Gasteiger partial charge >= 0.3 is 0 Å². The number of carbonyl (C=O) groups is 2. The lowest BCUT2D eigenvalue weighted by atomic mass is 9.75. The fourth-order valence-electron chi connectivity index (χ4n) is 3.88. The number of amides is 2. The molecule has 1 fully saturated rings. The first kappa shape index (κ1) is 20.5. The maximum Gasteiger partial charge on any atom is 0.255 e. The zero-order valence-electron chi connectivity index (χ0n) is 17.7. The molecular formula is C25H24N2O4. The number of methoxy groups -OCH3 is 2. The second kappa shape index (κ2) is 8.14. The number of anilines is 2. The first-order valence-electron chi connectivity index (χ1n) is 9.98. The Morgan fingerprint density at radius 2 is 1.42 bits per heavy atom. The van der Waals surface area contributed by atoms with Gasteiger partial charge < -0.3 is 14.8 Å². The van der Waals surface area contributed by atoms with Crippen molar-refractivity contribution in [3.8, 4) is 11.5 Å². The van der Waals surface area contributed by atoms with Crippen molar-refractivity contribution >= 4 is 23.2 Å². The zero-order valence-corrected chi connectivity index (χ0v) is 17.7. The molecular weight excluding hydrogens is 392 g/mol. The van der Waals surface area contributed by atoms with E-state index < -0.39 is 5.54 Å². The van der Waals surface area contributed by atoms with Crippen LogP contribution in [0.5, 0.6) is 11.5 Å². The lowest BCUT2D eigenvalue weighted by Crippen LogP contribution is -2.67. The number of rotatable bonds is 6. The Morgan fingerprint density at radius 3 is 1.94 bits per heavy atom. The summed E-state index contributed by atoms with van der Waals surface area (Å²) in [6, 6.07) is 22.0. The molecule has 0 radical (unpaired) electrons. The molecule has 0 spiro atoms. The number of hydrogen-bond acceptors (Lipinski definition) is 4. The molecule has 1 heterocycles. The summed E-state index contributed by atoms with van der Waals surface area (Å²) in [4.78, 5) is 28.0. The Balaban J connectivity index is 1.74. The van der Waals surface area contributed by atoms with Gasteiger partial charge in [-0.05, 0) is 61.0 Å². The van der Waals surface area contributed by atoms with Gasteiger partial charge in [-0.25, -0.2) is 0 Å². The fourth-order valence-corrected chi connectivity index (χ4v) is 3.88. The molecule has 1 unspecified atom stereocenters. The van der Waals surface area contributed by atoms with Crippen LogP contribution in [-0.4, -0.2) is 26.0 Å². The molecule has 0 saturated carbocycles. The number of β-lactam (4-membered cyclic amide) rings is 1. The summed E-state index contributed by atoms with van der Waals surface area (Å²) >= 11 is 0. The molecule has 6 heteroatoms. The largest absolute Gasteiger partial charge is 0.497 e. The van der Waals surface area contributed by atoms with Gasteiger partial charge in [0.15, 0.2) is 5.54 Å². The van der Waals surface area contributed by atoms with E-state index in [1.807, 2.05) is 31.2 Å². The average molecular weight is 416 g/mol. The van der Waals surface area contributed by atoms with Crippen LogP contribution in [0.15, 0.2) is 72.8 Å². The van der Waals surface area contributed by atoms with Gasteiger partial charge in [0.25, 0.3) is 5.91 Å². The van der Waals surface area contributed by atoms with Gasteiger partial charge in [0.2, 0.25) is 5.91 Å². The van der Waals surface area contributed by atoms with Gasteiger partial charge in [0, 0.05) is 11.4 Å². The summed E-state index contributed by atoms with van der Waals surface area (Å²) in [5.74, 6) is 0.998. The van der Waals surface area contributed by atoms with E-state index in [1.165, 1.54) is 0 Å². The second-order valence-electron chi connectivity index (χ2n) is 7.51. The molecule has 1 aliphatic rings. The number of ether oxygens (including phenoxy) is 2. The molecule has 1 atom stereocenters.